The number of hydrogen-bond donors (Lipinski definition) is 2. The van der Waals surface area contributed by atoms with E-state index < -0.39 is 35.6 Å². The molecule has 1 fully saturated rings. The summed E-state index contributed by atoms with van der Waals surface area (Å²) in [5.41, 5.74) is 0.521. The first kappa shape index (κ1) is 20.9. The molecule has 2 aromatic carbocycles. The Morgan fingerprint density at radius 1 is 1.17 bits per heavy atom. The number of hydrogen-bond acceptors (Lipinski definition) is 5. The number of anilines is 1. The third-order valence-corrected chi connectivity index (χ3v) is 4.31. The number of imide groups is 1. The van der Waals surface area contributed by atoms with Gasteiger partial charge in [0.05, 0.1) is 24.3 Å². The maximum absolute atomic E-state index is 13.6. The van der Waals surface area contributed by atoms with Gasteiger partial charge in [-0.05, 0) is 36.8 Å². The molecule has 0 bridgehead atoms. The van der Waals surface area contributed by atoms with E-state index in [2.05, 4.69) is 10.6 Å². The number of carbonyl (C=O) groups excluding carboxylic acids is 4. The summed E-state index contributed by atoms with van der Waals surface area (Å²) in [7, 11) is 0. The van der Waals surface area contributed by atoms with Crippen LogP contribution in [0.1, 0.15) is 22.8 Å². The van der Waals surface area contributed by atoms with Crippen molar-refractivity contribution in [3.8, 4) is 0 Å². The number of urea groups is 1. The maximum atomic E-state index is 13.6. The van der Waals surface area contributed by atoms with E-state index in [0.29, 0.717) is 11.6 Å². The fourth-order valence-electron chi connectivity index (χ4n) is 2.65. The third-order valence-electron chi connectivity index (χ3n) is 4.31. The Labute approximate surface area is 169 Å². The molecule has 1 saturated heterocycles. The number of rotatable bonds is 6. The van der Waals surface area contributed by atoms with Crippen LogP contribution in [0.2, 0.25) is 0 Å². The predicted molar refractivity (Wildman–Crippen MR) is 100 cm³/mol. The monoisotopic (exact) mass is 417 g/mol. The summed E-state index contributed by atoms with van der Waals surface area (Å²) in [5, 5.41) is 4.63. The fraction of sp³-hybridized carbons (Fsp3) is 0.200. The first-order valence-corrected chi connectivity index (χ1v) is 8.88. The number of benzene rings is 2. The molecule has 0 aromatic heterocycles. The highest BCUT2D eigenvalue weighted by atomic mass is 19.1. The van der Waals surface area contributed by atoms with Crippen LogP contribution in [0, 0.1) is 11.6 Å². The number of carbonyl (C=O) groups is 4. The van der Waals surface area contributed by atoms with Gasteiger partial charge in [-0.2, -0.15) is 0 Å². The number of halogens is 2. The molecule has 0 spiro atoms. The minimum atomic E-state index is -1.24. The summed E-state index contributed by atoms with van der Waals surface area (Å²) in [6.07, 6.45) is -1.24. The van der Waals surface area contributed by atoms with E-state index in [-0.39, 0.29) is 30.2 Å². The average Bonchev–Trinajstić information content (AvgIpc) is 3.02. The highest BCUT2D eigenvalue weighted by molar-refractivity contribution is 6.02. The molecule has 3 rings (SSSR count). The molecule has 1 aliphatic rings. The molecule has 2 N–H and O–H groups in total. The highest BCUT2D eigenvalue weighted by Gasteiger charge is 2.28. The van der Waals surface area contributed by atoms with Crippen molar-refractivity contribution >= 4 is 29.5 Å². The zero-order valence-corrected chi connectivity index (χ0v) is 15.8. The minimum absolute atomic E-state index is 0.0506. The van der Waals surface area contributed by atoms with E-state index in [1.165, 1.54) is 19.1 Å². The molecule has 1 atom stereocenters. The van der Waals surface area contributed by atoms with Crippen LogP contribution in [0.3, 0.4) is 0 Å². The van der Waals surface area contributed by atoms with Gasteiger partial charge in [-0.1, -0.05) is 12.1 Å². The molecule has 0 aliphatic carbocycles. The molecule has 30 heavy (non-hydrogen) atoms. The Balaban J connectivity index is 1.57. The summed E-state index contributed by atoms with van der Waals surface area (Å²) in [6.45, 7) is 1.31. The summed E-state index contributed by atoms with van der Waals surface area (Å²) in [6, 6.07) is 8.13. The second kappa shape index (κ2) is 8.68. The van der Waals surface area contributed by atoms with Gasteiger partial charge in [-0.3, -0.25) is 14.5 Å². The normalized spacial score (nSPS) is 14.3. The molecule has 0 unspecified atom stereocenters. The lowest BCUT2D eigenvalue weighted by molar-refractivity contribution is -0.125. The summed E-state index contributed by atoms with van der Waals surface area (Å²) < 4.78 is 31.6. The smallest absolute Gasteiger partial charge is 0.338 e. The molecular weight excluding hydrogens is 400 g/mol. The predicted octanol–water partition coefficient (Wildman–Crippen LogP) is 2.20. The van der Waals surface area contributed by atoms with Crippen molar-refractivity contribution in [2.75, 3.05) is 11.9 Å². The molecule has 4 amide bonds. The topological polar surface area (TPSA) is 105 Å². The van der Waals surface area contributed by atoms with Crippen molar-refractivity contribution in [1.82, 2.24) is 10.2 Å². The first-order chi connectivity index (χ1) is 14.2. The number of amides is 4. The summed E-state index contributed by atoms with van der Waals surface area (Å²) in [5.74, 6) is -3.67. The maximum Gasteiger partial charge on any atom is 0.338 e. The Morgan fingerprint density at radius 2 is 1.87 bits per heavy atom. The number of ether oxygens (including phenoxy) is 1. The standard InChI is InChI=1S/C20H17F2N3O5/c1-11(18(27)24-16-7-6-14(21)8-15(16)22)30-19(28)13-4-2-12(3-5-13)10-25-17(26)9-23-20(25)29/h2-8,11H,9-10H2,1H3,(H,23,29)(H,24,27)/t11-/m0/s1. The third kappa shape index (κ3) is 4.77. The second-order valence-electron chi connectivity index (χ2n) is 6.50. The van der Waals surface area contributed by atoms with Crippen molar-refractivity contribution < 1.29 is 32.7 Å². The van der Waals surface area contributed by atoms with Crippen LogP contribution in [-0.2, 0) is 20.9 Å². The Bertz CT molecular complexity index is 994. The van der Waals surface area contributed by atoms with Crippen LogP contribution in [0.15, 0.2) is 42.5 Å². The number of esters is 1. The fourth-order valence-corrected chi connectivity index (χ4v) is 2.65. The Hall–Kier alpha value is -3.82. The molecule has 0 radical (unpaired) electrons. The van der Waals surface area contributed by atoms with Gasteiger partial charge in [0, 0.05) is 6.07 Å². The zero-order valence-electron chi connectivity index (χ0n) is 15.8. The van der Waals surface area contributed by atoms with Crippen LogP contribution in [0.25, 0.3) is 0 Å². The van der Waals surface area contributed by atoms with Gasteiger partial charge in [0.15, 0.2) is 6.10 Å². The van der Waals surface area contributed by atoms with E-state index >= 15 is 0 Å². The highest BCUT2D eigenvalue weighted by Crippen LogP contribution is 2.16. The molecule has 8 nitrogen and oxygen atoms in total. The van der Waals surface area contributed by atoms with Crippen LogP contribution in [-0.4, -0.2) is 41.4 Å². The van der Waals surface area contributed by atoms with Gasteiger partial charge in [-0.15, -0.1) is 0 Å². The van der Waals surface area contributed by atoms with Gasteiger partial charge < -0.3 is 15.4 Å². The van der Waals surface area contributed by atoms with Gasteiger partial charge in [-0.25, -0.2) is 18.4 Å². The quantitative estimate of drug-likeness (QED) is 0.554. The van der Waals surface area contributed by atoms with E-state index in [0.717, 1.165) is 17.0 Å². The van der Waals surface area contributed by atoms with Gasteiger partial charge in [0.2, 0.25) is 5.91 Å². The summed E-state index contributed by atoms with van der Waals surface area (Å²) >= 11 is 0. The van der Waals surface area contributed by atoms with E-state index in [1.54, 1.807) is 12.1 Å². The summed E-state index contributed by atoms with van der Waals surface area (Å²) in [4.78, 5) is 48.5. The molecule has 1 heterocycles. The van der Waals surface area contributed by atoms with E-state index in [4.69, 9.17) is 4.74 Å². The number of nitrogens with zero attached hydrogens (tertiary/aromatic N) is 1. The molecular formula is C20H17F2N3O5. The number of nitrogens with one attached hydrogen (secondary N) is 2. The van der Waals surface area contributed by atoms with Gasteiger partial charge >= 0.3 is 12.0 Å². The van der Waals surface area contributed by atoms with Crippen LogP contribution >= 0.6 is 0 Å². The largest absolute Gasteiger partial charge is 0.449 e. The Morgan fingerprint density at radius 3 is 2.47 bits per heavy atom. The van der Waals surface area contributed by atoms with E-state index in [1.807, 2.05) is 0 Å². The molecule has 1 aliphatic heterocycles. The van der Waals surface area contributed by atoms with Crippen molar-refractivity contribution in [2.45, 2.75) is 19.6 Å². The second-order valence-corrected chi connectivity index (χ2v) is 6.50. The van der Waals surface area contributed by atoms with Crippen LogP contribution < -0.4 is 10.6 Å². The lowest BCUT2D eigenvalue weighted by Crippen LogP contribution is -2.30. The van der Waals surface area contributed by atoms with Gasteiger partial charge in [0.25, 0.3) is 5.91 Å². The lowest BCUT2D eigenvalue weighted by atomic mass is 10.1. The van der Waals surface area contributed by atoms with Crippen molar-refractivity contribution in [3.05, 3.63) is 65.2 Å². The van der Waals surface area contributed by atoms with Crippen LogP contribution in [0.5, 0.6) is 0 Å². The van der Waals surface area contributed by atoms with Crippen LogP contribution in [0.4, 0.5) is 19.3 Å². The molecule has 10 heteroatoms. The van der Waals surface area contributed by atoms with Gasteiger partial charge in [0.1, 0.15) is 11.6 Å². The lowest BCUT2D eigenvalue weighted by Gasteiger charge is -2.15. The SMILES string of the molecule is C[C@H](OC(=O)c1ccc(CN2C(=O)CNC2=O)cc1)C(=O)Nc1ccc(F)cc1F. The molecule has 2 aromatic rings. The van der Waals surface area contributed by atoms with E-state index in [9.17, 15) is 28.0 Å². The molecule has 0 saturated carbocycles. The van der Waals surface area contributed by atoms with Crippen molar-refractivity contribution in [3.63, 3.8) is 0 Å². The zero-order chi connectivity index (χ0) is 21.8. The minimum Gasteiger partial charge on any atom is -0.449 e. The average molecular weight is 417 g/mol. The van der Waals surface area contributed by atoms with Crippen molar-refractivity contribution in [1.29, 1.82) is 0 Å². The molecule has 156 valence electrons. The van der Waals surface area contributed by atoms with Crippen molar-refractivity contribution in [2.24, 2.45) is 0 Å². The first-order valence-electron chi connectivity index (χ1n) is 8.88. The Kier molecular flexibility index (Phi) is 6.05.